The first kappa shape index (κ1) is 13.5. The summed E-state index contributed by atoms with van der Waals surface area (Å²) in [6.45, 7) is 4.85. The molecule has 0 radical (unpaired) electrons. The third kappa shape index (κ3) is 2.43. The van der Waals surface area contributed by atoms with Crippen molar-refractivity contribution in [1.82, 2.24) is 10.3 Å². The largest absolute Gasteiger partial charge is 0.481 e. The summed E-state index contributed by atoms with van der Waals surface area (Å²) in [5.74, 6) is -0.541. The standard InChI is InChI=1S/C15H18N2O2S/c1-8(2)14-17-11-4-3-9(6-13(11)20-14)12-5-10(7-16-12)15(18)19/h3-4,6,8,10,12,16H,5,7H2,1-2H3,(H,18,19). The van der Waals surface area contributed by atoms with Gasteiger partial charge < -0.3 is 10.4 Å². The molecule has 0 saturated carbocycles. The summed E-state index contributed by atoms with van der Waals surface area (Å²) in [6, 6.07) is 6.41. The first-order chi connectivity index (χ1) is 9.54. The van der Waals surface area contributed by atoms with E-state index < -0.39 is 5.97 Å². The molecule has 4 nitrogen and oxygen atoms in total. The Bertz CT molecular complexity index is 650. The fourth-order valence-corrected chi connectivity index (χ4v) is 3.62. The lowest BCUT2D eigenvalue weighted by Crippen LogP contribution is -2.17. The second-order valence-corrected chi connectivity index (χ2v) is 6.73. The molecule has 0 spiro atoms. The number of aromatic nitrogens is 1. The summed E-state index contributed by atoms with van der Waals surface area (Å²) >= 11 is 1.73. The molecule has 1 aliphatic heterocycles. The number of fused-ring (bicyclic) bond motifs is 1. The summed E-state index contributed by atoms with van der Waals surface area (Å²) in [4.78, 5) is 15.6. The molecule has 1 saturated heterocycles. The topological polar surface area (TPSA) is 62.2 Å². The number of benzene rings is 1. The molecular weight excluding hydrogens is 272 g/mol. The van der Waals surface area contributed by atoms with Gasteiger partial charge in [-0.25, -0.2) is 4.98 Å². The molecule has 2 N–H and O–H groups in total. The second-order valence-electron chi connectivity index (χ2n) is 5.67. The van der Waals surface area contributed by atoms with E-state index in [9.17, 15) is 4.79 Å². The van der Waals surface area contributed by atoms with Gasteiger partial charge in [0.05, 0.1) is 21.1 Å². The Kier molecular flexibility index (Phi) is 3.48. The Labute approximate surface area is 121 Å². The van der Waals surface area contributed by atoms with E-state index in [-0.39, 0.29) is 12.0 Å². The average molecular weight is 290 g/mol. The molecular formula is C15H18N2O2S. The number of carbonyl (C=O) groups is 1. The van der Waals surface area contributed by atoms with E-state index >= 15 is 0 Å². The summed E-state index contributed by atoms with van der Waals surface area (Å²) in [6.07, 6.45) is 0.663. The zero-order valence-electron chi connectivity index (χ0n) is 11.6. The van der Waals surface area contributed by atoms with Crippen molar-refractivity contribution in [2.45, 2.75) is 32.2 Å². The Hall–Kier alpha value is -1.46. The third-order valence-corrected chi connectivity index (χ3v) is 5.12. The minimum absolute atomic E-state index is 0.144. The molecule has 2 aromatic rings. The monoisotopic (exact) mass is 290 g/mol. The molecule has 1 aromatic heterocycles. The maximum Gasteiger partial charge on any atom is 0.307 e. The van der Waals surface area contributed by atoms with Crippen LogP contribution in [-0.2, 0) is 4.79 Å². The maximum absolute atomic E-state index is 11.0. The van der Waals surface area contributed by atoms with Crippen LogP contribution in [0.1, 0.15) is 42.8 Å². The molecule has 20 heavy (non-hydrogen) atoms. The molecule has 1 fully saturated rings. The van der Waals surface area contributed by atoms with Crippen LogP contribution in [0.25, 0.3) is 10.2 Å². The molecule has 0 aliphatic carbocycles. The summed E-state index contributed by atoms with van der Waals surface area (Å²) in [5, 5.41) is 13.5. The van der Waals surface area contributed by atoms with Crippen molar-refractivity contribution >= 4 is 27.5 Å². The smallest absolute Gasteiger partial charge is 0.307 e. The normalized spacial score (nSPS) is 22.8. The van der Waals surface area contributed by atoms with Crippen molar-refractivity contribution in [3.8, 4) is 0 Å². The third-order valence-electron chi connectivity index (χ3n) is 3.81. The molecule has 2 atom stereocenters. The summed E-state index contributed by atoms with van der Waals surface area (Å²) < 4.78 is 1.19. The number of aliphatic carboxylic acids is 1. The zero-order valence-corrected chi connectivity index (χ0v) is 12.4. The molecule has 3 rings (SSSR count). The van der Waals surface area contributed by atoms with Gasteiger partial charge in [0, 0.05) is 18.5 Å². The van der Waals surface area contributed by atoms with E-state index in [0.717, 1.165) is 10.5 Å². The molecule has 0 bridgehead atoms. The van der Waals surface area contributed by atoms with Gasteiger partial charge in [0.15, 0.2) is 0 Å². The Morgan fingerprint density at radius 3 is 2.95 bits per heavy atom. The van der Waals surface area contributed by atoms with Crippen LogP contribution < -0.4 is 5.32 Å². The predicted octanol–water partition coefficient (Wildman–Crippen LogP) is 3.15. The Morgan fingerprint density at radius 2 is 2.30 bits per heavy atom. The van der Waals surface area contributed by atoms with Crippen LogP contribution in [0.15, 0.2) is 18.2 Å². The van der Waals surface area contributed by atoms with Gasteiger partial charge in [0.25, 0.3) is 0 Å². The van der Waals surface area contributed by atoms with Crippen LogP contribution in [0, 0.1) is 5.92 Å². The fourth-order valence-electron chi connectivity index (χ4n) is 2.60. The Morgan fingerprint density at radius 1 is 1.50 bits per heavy atom. The van der Waals surface area contributed by atoms with Crippen molar-refractivity contribution in [2.75, 3.05) is 6.54 Å². The van der Waals surface area contributed by atoms with E-state index in [1.807, 2.05) is 6.07 Å². The minimum atomic E-state index is -0.707. The van der Waals surface area contributed by atoms with Crippen molar-refractivity contribution in [1.29, 1.82) is 0 Å². The number of rotatable bonds is 3. The van der Waals surface area contributed by atoms with Gasteiger partial charge >= 0.3 is 5.97 Å². The SMILES string of the molecule is CC(C)c1nc2ccc(C3CC(C(=O)O)CN3)cc2s1. The van der Waals surface area contributed by atoms with Gasteiger partial charge in [-0.1, -0.05) is 19.9 Å². The molecule has 1 aliphatic rings. The average Bonchev–Trinajstić information content (AvgIpc) is 3.04. The van der Waals surface area contributed by atoms with Gasteiger partial charge in [-0.15, -0.1) is 11.3 Å². The lowest BCUT2D eigenvalue weighted by molar-refractivity contribution is -0.141. The number of carboxylic acid groups (broad SMARTS) is 1. The summed E-state index contributed by atoms with van der Waals surface area (Å²) in [7, 11) is 0. The molecule has 0 amide bonds. The summed E-state index contributed by atoms with van der Waals surface area (Å²) in [5.41, 5.74) is 2.20. The maximum atomic E-state index is 11.0. The highest BCUT2D eigenvalue weighted by Gasteiger charge is 2.30. The predicted molar refractivity (Wildman–Crippen MR) is 80.2 cm³/mol. The van der Waals surface area contributed by atoms with Crippen molar-refractivity contribution in [2.24, 2.45) is 5.92 Å². The lowest BCUT2D eigenvalue weighted by Gasteiger charge is -2.10. The van der Waals surface area contributed by atoms with E-state index in [1.165, 1.54) is 10.3 Å². The highest BCUT2D eigenvalue weighted by atomic mass is 32.1. The van der Waals surface area contributed by atoms with E-state index in [0.29, 0.717) is 18.9 Å². The van der Waals surface area contributed by atoms with Gasteiger partial charge in [-0.05, 0) is 24.1 Å². The molecule has 5 heteroatoms. The molecule has 2 unspecified atom stereocenters. The number of nitrogens with zero attached hydrogens (tertiary/aromatic N) is 1. The van der Waals surface area contributed by atoms with E-state index in [4.69, 9.17) is 5.11 Å². The van der Waals surface area contributed by atoms with Crippen LogP contribution in [-0.4, -0.2) is 22.6 Å². The van der Waals surface area contributed by atoms with Crippen LogP contribution in [0.2, 0.25) is 0 Å². The van der Waals surface area contributed by atoms with Crippen molar-refractivity contribution < 1.29 is 9.90 Å². The van der Waals surface area contributed by atoms with E-state index in [2.05, 4.69) is 36.3 Å². The van der Waals surface area contributed by atoms with Crippen molar-refractivity contribution in [3.63, 3.8) is 0 Å². The number of thiazole rings is 1. The van der Waals surface area contributed by atoms with Gasteiger partial charge in [-0.2, -0.15) is 0 Å². The van der Waals surface area contributed by atoms with Crippen LogP contribution in [0.4, 0.5) is 0 Å². The number of hydrogen-bond donors (Lipinski definition) is 2. The number of hydrogen-bond acceptors (Lipinski definition) is 4. The van der Waals surface area contributed by atoms with Gasteiger partial charge in [0.2, 0.25) is 0 Å². The molecule has 2 heterocycles. The molecule has 106 valence electrons. The van der Waals surface area contributed by atoms with E-state index in [1.54, 1.807) is 11.3 Å². The van der Waals surface area contributed by atoms with Crippen LogP contribution in [0.5, 0.6) is 0 Å². The fraction of sp³-hybridized carbons (Fsp3) is 0.467. The number of nitrogens with one attached hydrogen (secondary N) is 1. The highest BCUT2D eigenvalue weighted by molar-refractivity contribution is 7.18. The van der Waals surface area contributed by atoms with Gasteiger partial charge in [-0.3, -0.25) is 4.79 Å². The first-order valence-electron chi connectivity index (χ1n) is 6.91. The van der Waals surface area contributed by atoms with Crippen LogP contribution in [0.3, 0.4) is 0 Å². The van der Waals surface area contributed by atoms with Gasteiger partial charge in [0.1, 0.15) is 0 Å². The quantitative estimate of drug-likeness (QED) is 0.911. The number of carboxylic acids is 1. The van der Waals surface area contributed by atoms with Crippen LogP contribution >= 0.6 is 11.3 Å². The second kappa shape index (κ2) is 5.14. The lowest BCUT2D eigenvalue weighted by atomic mass is 10.0. The minimum Gasteiger partial charge on any atom is -0.481 e. The zero-order chi connectivity index (χ0) is 14.3. The molecule has 1 aromatic carbocycles. The highest BCUT2D eigenvalue weighted by Crippen LogP contribution is 2.32. The first-order valence-corrected chi connectivity index (χ1v) is 7.73. The Balaban J connectivity index is 1.88. The van der Waals surface area contributed by atoms with Crippen molar-refractivity contribution in [3.05, 3.63) is 28.8 Å².